The molecule has 1 atom stereocenters. The van der Waals surface area contributed by atoms with Crippen molar-refractivity contribution in [2.45, 2.75) is 32.9 Å². The molecule has 0 bridgehead atoms. The molecule has 2 amide bonds. The SMILES string of the molecule is CCOC(=O)c1ccc(NC(=O)N2Cc3c(CC)nn(-c4ccccc4)c3-n3cccc3[C@H]2c2ccccc2)cc1. The molecule has 6 rings (SSSR count). The highest BCUT2D eigenvalue weighted by atomic mass is 16.5. The summed E-state index contributed by atoms with van der Waals surface area (Å²) in [5, 5.41) is 8.08. The summed E-state index contributed by atoms with van der Waals surface area (Å²) >= 11 is 0. The number of amides is 2. The summed E-state index contributed by atoms with van der Waals surface area (Å²) in [6, 6.07) is 30.4. The molecule has 8 heteroatoms. The predicted octanol–water partition coefficient (Wildman–Crippen LogP) is 6.54. The van der Waals surface area contributed by atoms with Gasteiger partial charge in [-0.1, -0.05) is 55.5 Å². The van der Waals surface area contributed by atoms with E-state index in [4.69, 9.17) is 9.84 Å². The van der Waals surface area contributed by atoms with Gasteiger partial charge in [0, 0.05) is 17.4 Å². The van der Waals surface area contributed by atoms with Crippen LogP contribution in [0, 0.1) is 0 Å². The van der Waals surface area contributed by atoms with E-state index in [1.54, 1.807) is 31.2 Å². The molecule has 0 spiro atoms. The zero-order valence-corrected chi connectivity index (χ0v) is 23.0. The van der Waals surface area contributed by atoms with E-state index in [1.807, 2.05) is 70.4 Å². The molecule has 206 valence electrons. The van der Waals surface area contributed by atoms with Crippen LogP contribution in [0.5, 0.6) is 0 Å². The van der Waals surface area contributed by atoms with Crippen LogP contribution in [0.25, 0.3) is 11.5 Å². The molecule has 3 aromatic carbocycles. The molecule has 0 aliphatic carbocycles. The van der Waals surface area contributed by atoms with Gasteiger partial charge in [0.2, 0.25) is 0 Å². The average molecular weight is 546 g/mol. The Balaban J connectivity index is 1.45. The first-order valence-electron chi connectivity index (χ1n) is 13.8. The molecule has 3 heterocycles. The number of carbonyl (C=O) groups excluding carboxylic acids is 2. The summed E-state index contributed by atoms with van der Waals surface area (Å²) in [6.07, 6.45) is 2.76. The highest BCUT2D eigenvalue weighted by Crippen LogP contribution is 2.39. The van der Waals surface area contributed by atoms with Crippen molar-refractivity contribution < 1.29 is 14.3 Å². The second-order valence-electron chi connectivity index (χ2n) is 9.82. The van der Waals surface area contributed by atoms with Gasteiger partial charge in [-0.05, 0) is 67.4 Å². The van der Waals surface area contributed by atoms with Crippen molar-refractivity contribution in [2.75, 3.05) is 11.9 Å². The second kappa shape index (κ2) is 11.2. The van der Waals surface area contributed by atoms with Gasteiger partial charge in [0.15, 0.2) is 0 Å². The van der Waals surface area contributed by atoms with E-state index in [1.165, 1.54) is 0 Å². The maximum absolute atomic E-state index is 14.1. The molecule has 1 aliphatic rings. The summed E-state index contributed by atoms with van der Waals surface area (Å²) < 4.78 is 9.23. The van der Waals surface area contributed by atoms with E-state index in [9.17, 15) is 9.59 Å². The molecule has 8 nitrogen and oxygen atoms in total. The molecule has 0 unspecified atom stereocenters. The number of nitrogens with zero attached hydrogens (tertiary/aromatic N) is 4. The van der Waals surface area contributed by atoms with Crippen molar-refractivity contribution in [1.82, 2.24) is 19.2 Å². The van der Waals surface area contributed by atoms with Gasteiger partial charge >= 0.3 is 12.0 Å². The Kier molecular flexibility index (Phi) is 7.12. The van der Waals surface area contributed by atoms with E-state index in [0.29, 0.717) is 24.4 Å². The normalized spacial score (nSPS) is 14.1. The summed E-state index contributed by atoms with van der Waals surface area (Å²) in [7, 11) is 0. The van der Waals surface area contributed by atoms with E-state index in [-0.39, 0.29) is 12.1 Å². The third-order valence-electron chi connectivity index (χ3n) is 7.33. The molecule has 0 radical (unpaired) electrons. The fraction of sp³-hybridized carbons (Fsp3) is 0.182. The fourth-order valence-electron chi connectivity index (χ4n) is 5.43. The highest BCUT2D eigenvalue weighted by molar-refractivity contribution is 5.92. The van der Waals surface area contributed by atoms with Crippen molar-refractivity contribution in [3.05, 3.63) is 131 Å². The molecule has 0 saturated heterocycles. The van der Waals surface area contributed by atoms with Crippen molar-refractivity contribution in [3.8, 4) is 11.5 Å². The van der Waals surface area contributed by atoms with Crippen molar-refractivity contribution in [3.63, 3.8) is 0 Å². The van der Waals surface area contributed by atoms with Gasteiger partial charge in [-0.25, -0.2) is 14.3 Å². The van der Waals surface area contributed by atoms with Crippen LogP contribution in [0.1, 0.15) is 52.8 Å². The molecule has 1 N–H and O–H groups in total. The summed E-state index contributed by atoms with van der Waals surface area (Å²) in [5.74, 6) is 0.543. The third kappa shape index (κ3) is 4.89. The number of nitrogens with one attached hydrogen (secondary N) is 1. The molecule has 1 aliphatic heterocycles. The number of urea groups is 1. The molecule has 2 aromatic heterocycles. The first kappa shape index (κ1) is 26.1. The first-order chi connectivity index (χ1) is 20.1. The lowest BCUT2D eigenvalue weighted by Crippen LogP contribution is -2.38. The number of rotatable bonds is 6. The number of fused-ring (bicyclic) bond motifs is 3. The number of hydrogen-bond donors (Lipinski definition) is 1. The molecule has 0 fully saturated rings. The number of aromatic nitrogens is 3. The number of ether oxygens (including phenoxy) is 1. The van der Waals surface area contributed by atoms with Crippen LogP contribution in [-0.4, -0.2) is 37.9 Å². The second-order valence-corrected chi connectivity index (χ2v) is 9.82. The van der Waals surface area contributed by atoms with Crippen LogP contribution < -0.4 is 5.32 Å². The van der Waals surface area contributed by atoms with E-state index in [2.05, 4.69) is 35.0 Å². The van der Waals surface area contributed by atoms with Crippen LogP contribution >= 0.6 is 0 Å². The fourth-order valence-corrected chi connectivity index (χ4v) is 5.43. The highest BCUT2D eigenvalue weighted by Gasteiger charge is 2.36. The average Bonchev–Trinajstić information content (AvgIpc) is 3.59. The Morgan fingerprint density at radius 1 is 0.902 bits per heavy atom. The minimum atomic E-state index is -0.391. The van der Waals surface area contributed by atoms with Gasteiger partial charge in [0.25, 0.3) is 0 Å². The first-order valence-corrected chi connectivity index (χ1v) is 13.8. The maximum Gasteiger partial charge on any atom is 0.338 e. The lowest BCUT2D eigenvalue weighted by molar-refractivity contribution is 0.0526. The quantitative estimate of drug-likeness (QED) is 0.246. The molecular formula is C33H31N5O3. The predicted molar refractivity (Wildman–Crippen MR) is 158 cm³/mol. The summed E-state index contributed by atoms with van der Waals surface area (Å²) in [5.41, 5.74) is 5.88. The van der Waals surface area contributed by atoms with Gasteiger partial charge in [0.05, 0.1) is 41.8 Å². The number of anilines is 1. The van der Waals surface area contributed by atoms with Crippen LogP contribution in [-0.2, 0) is 17.7 Å². The monoisotopic (exact) mass is 545 g/mol. The Labute approximate surface area is 238 Å². The van der Waals surface area contributed by atoms with Crippen LogP contribution in [0.2, 0.25) is 0 Å². The Morgan fingerprint density at radius 2 is 1.61 bits per heavy atom. The molecule has 41 heavy (non-hydrogen) atoms. The Morgan fingerprint density at radius 3 is 2.29 bits per heavy atom. The van der Waals surface area contributed by atoms with Crippen molar-refractivity contribution in [2.24, 2.45) is 0 Å². The van der Waals surface area contributed by atoms with Crippen molar-refractivity contribution >= 4 is 17.7 Å². The maximum atomic E-state index is 14.1. The number of para-hydroxylation sites is 1. The lowest BCUT2D eigenvalue weighted by Gasteiger charge is -2.31. The smallest absolute Gasteiger partial charge is 0.338 e. The van der Waals surface area contributed by atoms with Crippen LogP contribution in [0.15, 0.2) is 103 Å². The van der Waals surface area contributed by atoms with Gasteiger partial charge in [-0.15, -0.1) is 0 Å². The number of aryl methyl sites for hydroxylation is 1. The Hall–Kier alpha value is -5.11. The van der Waals surface area contributed by atoms with Gasteiger partial charge in [0.1, 0.15) is 5.82 Å². The third-order valence-corrected chi connectivity index (χ3v) is 7.33. The number of benzene rings is 3. The molecular weight excluding hydrogens is 514 g/mol. The number of carbonyl (C=O) groups is 2. The molecule has 0 saturated carbocycles. The Bertz CT molecular complexity index is 1670. The number of esters is 1. The van der Waals surface area contributed by atoms with Gasteiger partial charge in [-0.2, -0.15) is 5.10 Å². The summed E-state index contributed by atoms with van der Waals surface area (Å²) in [6.45, 7) is 4.52. The summed E-state index contributed by atoms with van der Waals surface area (Å²) in [4.78, 5) is 28.1. The lowest BCUT2D eigenvalue weighted by atomic mass is 10.0. The minimum Gasteiger partial charge on any atom is -0.462 e. The van der Waals surface area contributed by atoms with E-state index in [0.717, 1.165) is 40.4 Å². The molecule has 5 aromatic rings. The topological polar surface area (TPSA) is 81.4 Å². The largest absolute Gasteiger partial charge is 0.462 e. The van der Waals surface area contributed by atoms with Gasteiger partial charge in [-0.3, -0.25) is 0 Å². The van der Waals surface area contributed by atoms with E-state index < -0.39 is 5.97 Å². The minimum absolute atomic E-state index is 0.252. The van der Waals surface area contributed by atoms with E-state index >= 15 is 0 Å². The zero-order chi connectivity index (χ0) is 28.3. The van der Waals surface area contributed by atoms with Gasteiger partial charge < -0.3 is 19.5 Å². The number of hydrogen-bond acceptors (Lipinski definition) is 4. The van der Waals surface area contributed by atoms with Crippen LogP contribution in [0.3, 0.4) is 0 Å². The standard InChI is InChI=1S/C33H31N5O3/c1-3-28-27-22-37(33(40)34-25-19-17-24(18-20-25)32(39)41-4-2)30(23-12-7-5-8-13-23)29-16-11-21-36(29)31(27)38(35-28)26-14-9-6-10-15-26/h5-21,30H,3-4,22H2,1-2H3,(H,34,40)/t30-/m1/s1. The van der Waals surface area contributed by atoms with Crippen LogP contribution in [0.4, 0.5) is 10.5 Å². The van der Waals surface area contributed by atoms with Crippen molar-refractivity contribution in [1.29, 1.82) is 0 Å². The zero-order valence-electron chi connectivity index (χ0n) is 23.0.